The summed E-state index contributed by atoms with van der Waals surface area (Å²) < 4.78 is 82.5. The molecule has 0 fully saturated rings. The molecule has 2 rings (SSSR count). The lowest BCUT2D eigenvalue weighted by Crippen LogP contribution is -2.42. The van der Waals surface area contributed by atoms with Crippen LogP contribution >= 0.6 is 0 Å². The zero-order valence-electron chi connectivity index (χ0n) is 15.6. The van der Waals surface area contributed by atoms with Crippen molar-refractivity contribution in [1.29, 1.82) is 0 Å². The van der Waals surface area contributed by atoms with Crippen molar-refractivity contribution in [3.05, 3.63) is 70.8 Å². The maximum absolute atomic E-state index is 13.0. The average Bonchev–Trinajstić information content (AvgIpc) is 2.69. The van der Waals surface area contributed by atoms with Gasteiger partial charge in [0.05, 0.1) is 18.2 Å². The Balaban J connectivity index is 2.28. The molecule has 0 spiro atoms. The molecule has 1 atom stereocenters. The number of amides is 1. The summed E-state index contributed by atoms with van der Waals surface area (Å²) in [7, 11) is 1.05. The van der Waals surface area contributed by atoms with Crippen LogP contribution < -0.4 is 5.32 Å². The topological polar surface area (TPSA) is 55.4 Å². The van der Waals surface area contributed by atoms with Crippen molar-refractivity contribution in [3.63, 3.8) is 0 Å². The molecule has 0 radical (unpaired) electrons. The van der Waals surface area contributed by atoms with Gasteiger partial charge in [0.15, 0.2) is 0 Å². The van der Waals surface area contributed by atoms with E-state index in [1.807, 2.05) is 0 Å². The summed E-state index contributed by atoms with van der Waals surface area (Å²) in [6, 6.07) is 8.07. The highest BCUT2D eigenvalue weighted by molar-refractivity contribution is 5.97. The molecule has 0 aliphatic rings. The fourth-order valence-electron chi connectivity index (χ4n) is 2.67. The number of aryl methyl sites for hydroxylation is 1. The minimum atomic E-state index is -5.09. The van der Waals surface area contributed by atoms with Crippen LogP contribution in [-0.4, -0.2) is 25.0 Å². The van der Waals surface area contributed by atoms with Crippen LogP contribution in [0.5, 0.6) is 0 Å². The minimum Gasteiger partial charge on any atom is -0.467 e. The van der Waals surface area contributed by atoms with E-state index in [2.05, 4.69) is 10.1 Å². The Bertz CT molecular complexity index is 861. The second-order valence-corrected chi connectivity index (χ2v) is 6.37. The monoisotopic (exact) mass is 433 g/mol. The SMILES string of the molecule is COC(=O)[C@@H](CCc1ccccc1)NC(=O)c1cc(C(F)(F)F)cc(C(F)(F)F)c1. The molecule has 0 aliphatic heterocycles. The molecule has 10 heteroatoms. The average molecular weight is 433 g/mol. The van der Waals surface area contributed by atoms with E-state index in [0.29, 0.717) is 18.6 Å². The number of halogens is 6. The molecule has 1 amide bonds. The molecular weight excluding hydrogens is 416 g/mol. The van der Waals surface area contributed by atoms with Gasteiger partial charge >= 0.3 is 18.3 Å². The van der Waals surface area contributed by atoms with Gasteiger partial charge in [-0.3, -0.25) is 4.79 Å². The summed E-state index contributed by atoms with van der Waals surface area (Å²) in [5.41, 5.74) is -3.30. The van der Waals surface area contributed by atoms with Crippen molar-refractivity contribution in [1.82, 2.24) is 5.32 Å². The molecule has 0 bridgehead atoms. The first-order valence-electron chi connectivity index (χ1n) is 8.64. The maximum Gasteiger partial charge on any atom is 0.416 e. The fraction of sp³-hybridized carbons (Fsp3) is 0.300. The molecular formula is C20H17F6NO3. The first kappa shape index (κ1) is 23.2. The normalized spacial score (nSPS) is 12.9. The largest absolute Gasteiger partial charge is 0.467 e. The molecule has 162 valence electrons. The number of rotatable bonds is 6. The standard InChI is InChI=1S/C20H17F6NO3/c1-30-18(29)16(8-7-12-5-3-2-4-6-12)27-17(28)13-9-14(19(21,22)23)11-15(10-13)20(24,25)26/h2-6,9-11,16H,7-8H2,1H3,(H,27,28)/t16-/m1/s1. The van der Waals surface area contributed by atoms with Gasteiger partial charge in [-0.25, -0.2) is 4.79 Å². The van der Waals surface area contributed by atoms with Crippen molar-refractivity contribution < 1.29 is 40.7 Å². The van der Waals surface area contributed by atoms with Crippen LogP contribution in [0.15, 0.2) is 48.5 Å². The third kappa shape index (κ3) is 6.23. The summed E-state index contributed by atoms with van der Waals surface area (Å²) in [6.45, 7) is 0. The van der Waals surface area contributed by atoms with Crippen LogP contribution in [-0.2, 0) is 28.3 Å². The highest BCUT2D eigenvalue weighted by atomic mass is 19.4. The van der Waals surface area contributed by atoms with Crippen LogP contribution in [0.4, 0.5) is 26.3 Å². The van der Waals surface area contributed by atoms with Gasteiger partial charge < -0.3 is 10.1 Å². The van der Waals surface area contributed by atoms with E-state index >= 15 is 0 Å². The van der Waals surface area contributed by atoms with Gasteiger partial charge in [-0.15, -0.1) is 0 Å². The van der Waals surface area contributed by atoms with Crippen LogP contribution in [0.2, 0.25) is 0 Å². The second kappa shape index (κ2) is 9.19. The van der Waals surface area contributed by atoms with E-state index in [1.54, 1.807) is 30.3 Å². The molecule has 4 nitrogen and oxygen atoms in total. The molecule has 1 N–H and O–H groups in total. The number of nitrogens with one attached hydrogen (secondary N) is 1. The number of hydrogen-bond acceptors (Lipinski definition) is 3. The summed E-state index contributed by atoms with van der Waals surface area (Å²) in [4.78, 5) is 24.3. The Hall–Kier alpha value is -3.04. The first-order valence-corrected chi connectivity index (χ1v) is 8.64. The van der Waals surface area contributed by atoms with Gasteiger partial charge in [-0.05, 0) is 36.6 Å². The van der Waals surface area contributed by atoms with E-state index in [0.717, 1.165) is 12.7 Å². The molecule has 0 saturated carbocycles. The van der Waals surface area contributed by atoms with E-state index < -0.39 is 47.0 Å². The Kier molecular flexibility index (Phi) is 7.12. The number of ether oxygens (including phenoxy) is 1. The van der Waals surface area contributed by atoms with E-state index in [1.165, 1.54) is 0 Å². The molecule has 2 aromatic carbocycles. The third-order valence-corrected chi connectivity index (χ3v) is 4.21. The minimum absolute atomic E-state index is 0.0352. The summed E-state index contributed by atoms with van der Waals surface area (Å²) in [6.07, 6.45) is -9.83. The van der Waals surface area contributed by atoms with E-state index in [9.17, 15) is 35.9 Å². The molecule has 2 aromatic rings. The third-order valence-electron chi connectivity index (χ3n) is 4.21. The van der Waals surface area contributed by atoms with Crippen LogP contribution in [0, 0.1) is 0 Å². The summed E-state index contributed by atoms with van der Waals surface area (Å²) >= 11 is 0. The van der Waals surface area contributed by atoms with E-state index in [-0.39, 0.29) is 12.5 Å². The lowest BCUT2D eigenvalue weighted by Gasteiger charge is -2.18. The Morgan fingerprint density at radius 3 is 1.93 bits per heavy atom. The second-order valence-electron chi connectivity index (χ2n) is 6.37. The van der Waals surface area contributed by atoms with Gasteiger partial charge in [0.1, 0.15) is 6.04 Å². The molecule has 0 heterocycles. The van der Waals surface area contributed by atoms with Gasteiger partial charge in [-0.2, -0.15) is 26.3 Å². The molecule has 0 aliphatic carbocycles. The smallest absolute Gasteiger partial charge is 0.416 e. The molecule has 30 heavy (non-hydrogen) atoms. The Morgan fingerprint density at radius 1 is 0.933 bits per heavy atom. The zero-order valence-corrected chi connectivity index (χ0v) is 15.6. The number of esters is 1. The van der Waals surface area contributed by atoms with Crippen molar-refractivity contribution in [2.75, 3.05) is 7.11 Å². The first-order chi connectivity index (χ1) is 13.9. The van der Waals surface area contributed by atoms with E-state index in [4.69, 9.17) is 0 Å². The predicted octanol–water partition coefficient (Wildman–Crippen LogP) is 4.63. The number of methoxy groups -OCH3 is 1. The van der Waals surface area contributed by atoms with Crippen LogP contribution in [0.1, 0.15) is 33.5 Å². The van der Waals surface area contributed by atoms with Crippen molar-refractivity contribution in [2.24, 2.45) is 0 Å². The van der Waals surface area contributed by atoms with Crippen LogP contribution in [0.3, 0.4) is 0 Å². The number of alkyl halides is 6. The maximum atomic E-state index is 13.0. The number of hydrogen-bond donors (Lipinski definition) is 1. The zero-order chi connectivity index (χ0) is 22.5. The molecule has 0 unspecified atom stereocenters. The lowest BCUT2D eigenvalue weighted by molar-refractivity contribution is -0.144. The highest BCUT2D eigenvalue weighted by Crippen LogP contribution is 2.36. The van der Waals surface area contributed by atoms with Gasteiger partial charge in [0.25, 0.3) is 5.91 Å². The van der Waals surface area contributed by atoms with Gasteiger partial charge in [0, 0.05) is 5.56 Å². The number of benzene rings is 2. The number of carbonyl (C=O) groups excluding carboxylic acids is 2. The summed E-state index contributed by atoms with van der Waals surface area (Å²) in [5, 5.41) is 2.16. The summed E-state index contributed by atoms with van der Waals surface area (Å²) in [5.74, 6) is -2.13. The van der Waals surface area contributed by atoms with Gasteiger partial charge in [0.2, 0.25) is 0 Å². The van der Waals surface area contributed by atoms with Crippen LogP contribution in [0.25, 0.3) is 0 Å². The van der Waals surface area contributed by atoms with Crippen molar-refractivity contribution >= 4 is 11.9 Å². The Morgan fingerprint density at radius 2 is 1.47 bits per heavy atom. The fourth-order valence-corrected chi connectivity index (χ4v) is 2.67. The highest BCUT2D eigenvalue weighted by Gasteiger charge is 2.37. The van der Waals surface area contributed by atoms with Gasteiger partial charge in [-0.1, -0.05) is 30.3 Å². The quantitative estimate of drug-likeness (QED) is 0.534. The Labute approximate surface area is 167 Å². The molecule has 0 aromatic heterocycles. The lowest BCUT2D eigenvalue weighted by atomic mass is 10.0. The number of carbonyl (C=O) groups is 2. The predicted molar refractivity (Wildman–Crippen MR) is 94.5 cm³/mol. The van der Waals surface area contributed by atoms with Crippen molar-refractivity contribution in [2.45, 2.75) is 31.2 Å². The van der Waals surface area contributed by atoms with Crippen molar-refractivity contribution in [3.8, 4) is 0 Å². The molecule has 0 saturated heterocycles.